The van der Waals surface area contributed by atoms with Crippen LogP contribution in [-0.2, 0) is 11.8 Å². The molecule has 2 heterocycles. The Morgan fingerprint density at radius 1 is 1.13 bits per heavy atom. The van der Waals surface area contributed by atoms with E-state index >= 15 is 0 Å². The third kappa shape index (κ3) is 5.06. The first-order chi connectivity index (χ1) is 18.6. The van der Waals surface area contributed by atoms with E-state index in [2.05, 4.69) is 42.5 Å². The molecular weight excluding hydrogens is 630 g/mol. The molecule has 4 aromatic rings. The summed E-state index contributed by atoms with van der Waals surface area (Å²) < 4.78 is 5.14. The van der Waals surface area contributed by atoms with Crippen LogP contribution in [0.5, 0.6) is 0 Å². The fraction of sp³-hybridized carbons (Fsp3) is 0.259. The van der Waals surface area contributed by atoms with Gasteiger partial charge in [-0.2, -0.15) is 0 Å². The molecule has 39 heavy (non-hydrogen) atoms. The zero-order valence-corrected chi connectivity index (χ0v) is 24.8. The second kappa shape index (κ2) is 10.7. The molecule has 0 radical (unpaired) electrons. The highest BCUT2D eigenvalue weighted by molar-refractivity contribution is 14.1. The van der Waals surface area contributed by atoms with Gasteiger partial charge in [-0.05, 0) is 84.1 Å². The number of amides is 1. The van der Waals surface area contributed by atoms with Crippen LogP contribution in [0.1, 0.15) is 30.9 Å². The number of nitrogens with one attached hydrogen (secondary N) is 2. The fourth-order valence-corrected chi connectivity index (χ4v) is 5.91. The van der Waals surface area contributed by atoms with Crippen LogP contribution in [0.3, 0.4) is 0 Å². The lowest BCUT2D eigenvalue weighted by Gasteiger charge is -2.21. The number of hydrogen-bond acceptors (Lipinski definition) is 6. The number of anilines is 3. The SMILES string of the molecule is Cc1c(=O)n(C)c(Nc2ccc(I)cc2P)c2c(=O)n(C3CC3)c(=O)n(-c3cccc(NC(=O)CCN)c3)c12. The second-order valence-corrected chi connectivity index (χ2v) is 11.4. The molecule has 0 spiro atoms. The first-order valence-electron chi connectivity index (χ1n) is 12.5. The molecule has 1 atom stereocenters. The highest BCUT2D eigenvalue weighted by Crippen LogP contribution is 2.34. The maximum atomic E-state index is 14.0. The molecule has 1 unspecified atom stereocenters. The van der Waals surface area contributed by atoms with Crippen molar-refractivity contribution in [2.75, 3.05) is 17.2 Å². The lowest BCUT2D eigenvalue weighted by molar-refractivity contribution is -0.116. The van der Waals surface area contributed by atoms with E-state index in [0.29, 0.717) is 22.9 Å². The number of rotatable bonds is 7. The number of nitrogens with two attached hydrogens (primary N) is 1. The zero-order chi connectivity index (χ0) is 28.0. The average molecular weight is 658 g/mol. The smallest absolute Gasteiger partial charge is 0.336 e. The molecule has 12 heteroatoms. The van der Waals surface area contributed by atoms with Gasteiger partial charge in [0.2, 0.25) is 5.91 Å². The molecule has 1 amide bonds. The van der Waals surface area contributed by atoms with Crippen molar-refractivity contribution < 1.29 is 4.79 Å². The number of nitrogens with zero attached hydrogens (tertiary/aromatic N) is 3. The molecule has 1 aliphatic carbocycles. The van der Waals surface area contributed by atoms with E-state index in [1.807, 2.05) is 18.2 Å². The Hall–Kier alpha value is -3.28. The molecule has 0 bridgehead atoms. The van der Waals surface area contributed by atoms with E-state index in [1.165, 1.54) is 13.7 Å². The van der Waals surface area contributed by atoms with E-state index in [0.717, 1.165) is 21.7 Å². The molecule has 4 N–H and O–H groups in total. The summed E-state index contributed by atoms with van der Waals surface area (Å²) in [5, 5.41) is 7.18. The minimum absolute atomic E-state index is 0.153. The van der Waals surface area contributed by atoms with Crippen LogP contribution in [0, 0.1) is 10.5 Å². The summed E-state index contributed by atoms with van der Waals surface area (Å²) in [6.07, 6.45) is 1.59. The summed E-state index contributed by atoms with van der Waals surface area (Å²) in [6.45, 7) is 1.82. The molecule has 1 fully saturated rings. The summed E-state index contributed by atoms with van der Waals surface area (Å²) in [5.74, 6) is 0.0446. The standard InChI is InChI=1S/C27H28IN6O4P/c1-14-23-22(24(32(2)25(14)36)31-19-9-6-15(28)12-20(19)39)26(37)34(17-7-8-17)27(38)33(23)18-5-3-4-16(13-18)30-21(35)10-11-29/h3-6,9,12-13,17,31H,7-8,10-11,29,39H2,1-2H3,(H,30,35). The number of aromatic nitrogens is 3. The van der Waals surface area contributed by atoms with Crippen LogP contribution < -0.4 is 38.5 Å². The quantitative estimate of drug-likeness (QED) is 0.207. The molecule has 2 aromatic heterocycles. The highest BCUT2D eigenvalue weighted by Gasteiger charge is 2.31. The van der Waals surface area contributed by atoms with Crippen LogP contribution in [0.15, 0.2) is 56.8 Å². The summed E-state index contributed by atoms with van der Waals surface area (Å²) in [4.78, 5) is 53.6. The monoisotopic (exact) mass is 658 g/mol. The molecule has 1 saturated carbocycles. The summed E-state index contributed by atoms with van der Waals surface area (Å²) >= 11 is 2.22. The van der Waals surface area contributed by atoms with Crippen molar-refractivity contribution in [3.8, 4) is 5.69 Å². The topological polar surface area (TPSA) is 133 Å². The number of hydrogen-bond donors (Lipinski definition) is 3. The summed E-state index contributed by atoms with van der Waals surface area (Å²) in [6, 6.07) is 12.3. The Morgan fingerprint density at radius 2 is 1.87 bits per heavy atom. The van der Waals surface area contributed by atoms with Crippen molar-refractivity contribution in [2.24, 2.45) is 12.8 Å². The first-order valence-corrected chi connectivity index (χ1v) is 14.1. The number of carbonyl (C=O) groups is 1. The van der Waals surface area contributed by atoms with E-state index < -0.39 is 11.2 Å². The van der Waals surface area contributed by atoms with Gasteiger partial charge in [-0.1, -0.05) is 6.07 Å². The lowest BCUT2D eigenvalue weighted by Crippen LogP contribution is -2.41. The molecular formula is C27H28IN6O4P. The molecule has 0 aliphatic heterocycles. The van der Waals surface area contributed by atoms with Crippen LogP contribution in [0.4, 0.5) is 17.2 Å². The molecule has 10 nitrogen and oxygen atoms in total. The van der Waals surface area contributed by atoms with Gasteiger partial charge in [0.25, 0.3) is 11.1 Å². The predicted octanol–water partition coefficient (Wildman–Crippen LogP) is 2.63. The van der Waals surface area contributed by atoms with E-state index in [4.69, 9.17) is 5.73 Å². The summed E-state index contributed by atoms with van der Waals surface area (Å²) in [7, 11) is 4.27. The van der Waals surface area contributed by atoms with Crippen molar-refractivity contribution in [3.63, 3.8) is 0 Å². The van der Waals surface area contributed by atoms with Gasteiger partial charge < -0.3 is 16.4 Å². The number of benzene rings is 2. The predicted molar refractivity (Wildman–Crippen MR) is 166 cm³/mol. The number of halogens is 1. The fourth-order valence-electron chi connectivity index (χ4n) is 4.71. The van der Waals surface area contributed by atoms with Gasteiger partial charge in [-0.15, -0.1) is 9.24 Å². The van der Waals surface area contributed by atoms with Gasteiger partial charge in [0, 0.05) is 46.6 Å². The van der Waals surface area contributed by atoms with Crippen molar-refractivity contribution in [3.05, 3.63) is 82.8 Å². The maximum Gasteiger partial charge on any atom is 0.336 e. The number of aryl methyl sites for hydroxylation is 1. The number of carbonyl (C=O) groups excluding carboxylic acids is 1. The largest absolute Gasteiger partial charge is 0.340 e. The third-order valence-electron chi connectivity index (χ3n) is 6.78. The number of fused-ring (bicyclic) bond motifs is 1. The van der Waals surface area contributed by atoms with Crippen molar-refractivity contribution in [1.29, 1.82) is 0 Å². The Morgan fingerprint density at radius 3 is 2.54 bits per heavy atom. The number of pyridine rings is 1. The first kappa shape index (κ1) is 27.3. The van der Waals surface area contributed by atoms with Gasteiger partial charge in [0.05, 0.1) is 11.2 Å². The van der Waals surface area contributed by atoms with Crippen LogP contribution in [-0.4, -0.2) is 26.2 Å². The van der Waals surface area contributed by atoms with E-state index in [1.54, 1.807) is 38.2 Å². The van der Waals surface area contributed by atoms with Crippen LogP contribution in [0.2, 0.25) is 0 Å². The normalized spacial score (nSPS) is 13.1. The molecule has 1 aliphatic rings. The van der Waals surface area contributed by atoms with Crippen molar-refractivity contribution in [1.82, 2.24) is 13.7 Å². The second-order valence-electron chi connectivity index (χ2n) is 9.58. The molecule has 202 valence electrons. The van der Waals surface area contributed by atoms with Crippen molar-refractivity contribution >= 4 is 71.1 Å². The lowest BCUT2D eigenvalue weighted by atomic mass is 10.1. The minimum Gasteiger partial charge on any atom is -0.340 e. The van der Waals surface area contributed by atoms with Crippen LogP contribution >= 0.6 is 31.8 Å². The Balaban J connectivity index is 1.84. The van der Waals surface area contributed by atoms with Gasteiger partial charge >= 0.3 is 5.69 Å². The molecule has 5 rings (SSSR count). The van der Waals surface area contributed by atoms with Gasteiger partial charge in [0.15, 0.2) is 0 Å². The maximum absolute atomic E-state index is 14.0. The Labute approximate surface area is 239 Å². The molecule has 0 saturated heterocycles. The minimum atomic E-state index is -0.524. The van der Waals surface area contributed by atoms with Gasteiger partial charge in [-0.3, -0.25) is 28.1 Å². The van der Waals surface area contributed by atoms with Crippen molar-refractivity contribution in [2.45, 2.75) is 32.2 Å². The van der Waals surface area contributed by atoms with Crippen LogP contribution in [0.25, 0.3) is 16.6 Å². The summed E-state index contributed by atoms with van der Waals surface area (Å²) in [5.41, 5.74) is 6.29. The van der Waals surface area contributed by atoms with Gasteiger partial charge in [0.1, 0.15) is 11.2 Å². The van der Waals surface area contributed by atoms with E-state index in [9.17, 15) is 19.2 Å². The van der Waals surface area contributed by atoms with E-state index in [-0.39, 0.29) is 46.9 Å². The average Bonchev–Trinajstić information content (AvgIpc) is 3.72. The molecule has 2 aromatic carbocycles. The highest BCUT2D eigenvalue weighted by atomic mass is 127. The van der Waals surface area contributed by atoms with Gasteiger partial charge in [-0.25, -0.2) is 4.79 Å². The Bertz CT molecular complexity index is 1820. The zero-order valence-electron chi connectivity index (χ0n) is 21.5. The third-order valence-corrected chi connectivity index (χ3v) is 7.93. The Kier molecular flexibility index (Phi) is 7.49.